The number of hydrogen-bond acceptors (Lipinski definition) is 3. The summed E-state index contributed by atoms with van der Waals surface area (Å²) in [5.74, 6) is -0.264. The normalized spacial score (nSPS) is 15.6. The van der Waals surface area contributed by atoms with Crippen molar-refractivity contribution in [1.29, 1.82) is 0 Å². The Kier molecular flexibility index (Phi) is 4.16. The lowest BCUT2D eigenvalue weighted by molar-refractivity contribution is 0.0949. The number of nitrogens with zero attached hydrogens (tertiary/aromatic N) is 1. The number of carbonyl (C=O) groups excluding carboxylic acids is 1. The van der Waals surface area contributed by atoms with Crippen LogP contribution < -0.4 is 0 Å². The summed E-state index contributed by atoms with van der Waals surface area (Å²) in [7, 11) is -3.54. The lowest BCUT2D eigenvalue weighted by Crippen LogP contribution is -2.40. The van der Waals surface area contributed by atoms with Crippen LogP contribution in [-0.4, -0.2) is 25.1 Å². The summed E-state index contributed by atoms with van der Waals surface area (Å²) < 4.78 is 27.2. The summed E-state index contributed by atoms with van der Waals surface area (Å²) in [5.41, 5.74) is 2.05. The fourth-order valence-electron chi connectivity index (χ4n) is 2.53. The van der Waals surface area contributed by atoms with E-state index in [2.05, 4.69) is 15.9 Å². The molecule has 0 N–H and O–H groups in total. The molecule has 0 atom stereocenters. The number of benzene rings is 2. The minimum Gasteiger partial charge on any atom is -0.293 e. The first kappa shape index (κ1) is 15.4. The van der Waals surface area contributed by atoms with E-state index in [1.54, 1.807) is 36.4 Å². The number of fused-ring (bicyclic) bond motifs is 1. The maximum Gasteiger partial charge on any atom is 0.219 e. The molecule has 1 aliphatic rings. The number of rotatable bonds is 3. The molecule has 2 aromatic rings. The molecule has 0 saturated heterocycles. The van der Waals surface area contributed by atoms with Crippen molar-refractivity contribution in [2.45, 2.75) is 12.3 Å². The number of ketones is 1. The zero-order valence-corrected chi connectivity index (χ0v) is 14.1. The third kappa shape index (κ3) is 2.99. The molecular weight excluding hydrogens is 366 g/mol. The first-order valence-corrected chi connectivity index (χ1v) is 9.20. The van der Waals surface area contributed by atoms with Crippen LogP contribution in [0.15, 0.2) is 53.0 Å². The lowest BCUT2D eigenvalue weighted by atomic mass is 10.0. The van der Waals surface area contributed by atoms with Crippen LogP contribution in [0.2, 0.25) is 0 Å². The highest BCUT2D eigenvalue weighted by Gasteiger charge is 2.32. The molecule has 6 heteroatoms. The van der Waals surface area contributed by atoms with E-state index in [0.717, 1.165) is 10.0 Å². The predicted molar refractivity (Wildman–Crippen MR) is 87.9 cm³/mol. The van der Waals surface area contributed by atoms with Crippen molar-refractivity contribution < 1.29 is 13.2 Å². The largest absolute Gasteiger partial charge is 0.293 e. The topological polar surface area (TPSA) is 54.5 Å². The number of Topliss-reactive ketones (excluding diaryl/α,β-unsaturated/α-hetero) is 1. The number of halogens is 1. The van der Waals surface area contributed by atoms with Crippen molar-refractivity contribution in [3.05, 3.63) is 69.7 Å². The fourth-order valence-corrected chi connectivity index (χ4v) is 4.46. The molecule has 114 valence electrons. The molecule has 0 aromatic heterocycles. The Morgan fingerprint density at radius 1 is 1.00 bits per heavy atom. The van der Waals surface area contributed by atoms with E-state index >= 15 is 0 Å². The summed E-state index contributed by atoms with van der Waals surface area (Å²) >= 11 is 3.40. The SMILES string of the molecule is O=C1CN(S(=O)(=O)Cc2ccccc2)Cc2c(Br)cccc21. The quantitative estimate of drug-likeness (QED) is 0.823. The molecule has 0 amide bonds. The van der Waals surface area contributed by atoms with Crippen LogP contribution in [0.4, 0.5) is 0 Å². The van der Waals surface area contributed by atoms with E-state index < -0.39 is 10.0 Å². The van der Waals surface area contributed by atoms with Crippen molar-refractivity contribution in [2.24, 2.45) is 0 Å². The minimum atomic E-state index is -3.54. The van der Waals surface area contributed by atoms with Crippen LogP contribution in [0.5, 0.6) is 0 Å². The Balaban J connectivity index is 1.90. The second-order valence-corrected chi connectivity index (χ2v) is 8.02. The van der Waals surface area contributed by atoms with Gasteiger partial charge in [-0.15, -0.1) is 0 Å². The number of hydrogen-bond donors (Lipinski definition) is 0. The van der Waals surface area contributed by atoms with Crippen LogP contribution in [0.1, 0.15) is 21.5 Å². The van der Waals surface area contributed by atoms with Gasteiger partial charge >= 0.3 is 0 Å². The zero-order valence-electron chi connectivity index (χ0n) is 11.7. The Morgan fingerprint density at radius 3 is 2.45 bits per heavy atom. The fraction of sp³-hybridized carbons (Fsp3) is 0.188. The molecule has 22 heavy (non-hydrogen) atoms. The van der Waals surface area contributed by atoms with Crippen molar-refractivity contribution in [3.63, 3.8) is 0 Å². The third-order valence-corrected chi connectivity index (χ3v) is 6.15. The van der Waals surface area contributed by atoms with Gasteiger partial charge in [-0.25, -0.2) is 8.42 Å². The molecule has 0 bridgehead atoms. The molecule has 0 spiro atoms. The Labute approximate surface area is 137 Å². The van der Waals surface area contributed by atoms with E-state index in [0.29, 0.717) is 11.1 Å². The predicted octanol–water partition coefficient (Wildman–Crippen LogP) is 2.98. The summed E-state index contributed by atoms with van der Waals surface area (Å²) in [6.45, 7) is 0.121. The highest BCUT2D eigenvalue weighted by molar-refractivity contribution is 9.10. The molecule has 3 rings (SSSR count). The summed E-state index contributed by atoms with van der Waals surface area (Å²) in [6.07, 6.45) is 0. The third-order valence-electron chi connectivity index (χ3n) is 3.66. The van der Waals surface area contributed by atoms with Crippen LogP contribution in [0.3, 0.4) is 0 Å². The lowest BCUT2D eigenvalue weighted by Gasteiger charge is -2.27. The zero-order chi connectivity index (χ0) is 15.7. The molecule has 1 aliphatic heterocycles. The molecular formula is C16H14BrNO3S. The maximum absolute atomic E-state index is 12.6. The maximum atomic E-state index is 12.6. The van der Waals surface area contributed by atoms with E-state index in [-0.39, 0.29) is 24.6 Å². The summed E-state index contributed by atoms with van der Waals surface area (Å²) in [4.78, 5) is 12.2. The van der Waals surface area contributed by atoms with Crippen LogP contribution in [0.25, 0.3) is 0 Å². The monoisotopic (exact) mass is 379 g/mol. The molecule has 0 saturated carbocycles. The van der Waals surface area contributed by atoms with Gasteiger partial charge in [-0.3, -0.25) is 4.79 Å². The van der Waals surface area contributed by atoms with Crippen LogP contribution in [0, 0.1) is 0 Å². The van der Waals surface area contributed by atoms with E-state index in [4.69, 9.17) is 0 Å². The van der Waals surface area contributed by atoms with E-state index in [1.165, 1.54) is 4.31 Å². The van der Waals surface area contributed by atoms with Gasteiger partial charge in [-0.2, -0.15) is 4.31 Å². The van der Waals surface area contributed by atoms with Gasteiger partial charge in [0, 0.05) is 16.6 Å². The summed E-state index contributed by atoms with van der Waals surface area (Å²) in [6, 6.07) is 14.3. The molecule has 0 unspecified atom stereocenters. The van der Waals surface area contributed by atoms with Gasteiger partial charge in [0.1, 0.15) is 0 Å². The van der Waals surface area contributed by atoms with Gasteiger partial charge in [0.2, 0.25) is 10.0 Å². The first-order valence-electron chi connectivity index (χ1n) is 6.80. The van der Waals surface area contributed by atoms with Crippen molar-refractivity contribution >= 4 is 31.7 Å². The van der Waals surface area contributed by atoms with Gasteiger partial charge in [0.15, 0.2) is 5.78 Å². The highest BCUT2D eigenvalue weighted by Crippen LogP contribution is 2.28. The van der Waals surface area contributed by atoms with Gasteiger partial charge in [0.25, 0.3) is 0 Å². The Hall–Kier alpha value is -1.50. The van der Waals surface area contributed by atoms with Crippen LogP contribution >= 0.6 is 15.9 Å². The molecule has 4 nitrogen and oxygen atoms in total. The Morgan fingerprint density at radius 2 is 1.73 bits per heavy atom. The Bertz CT molecular complexity index is 819. The molecule has 2 aromatic carbocycles. The second kappa shape index (κ2) is 5.95. The van der Waals surface area contributed by atoms with E-state index in [9.17, 15) is 13.2 Å². The minimum absolute atomic E-state index is 0.0963. The van der Waals surface area contributed by atoms with E-state index in [1.807, 2.05) is 12.1 Å². The standard InChI is InChI=1S/C16H14BrNO3S/c17-15-8-4-7-13-14(15)9-18(10-16(13)19)22(20,21)11-12-5-2-1-3-6-12/h1-8H,9-11H2. The molecule has 0 fully saturated rings. The van der Waals surface area contributed by atoms with Crippen molar-refractivity contribution in [3.8, 4) is 0 Å². The number of sulfonamides is 1. The van der Waals surface area contributed by atoms with Gasteiger partial charge in [-0.1, -0.05) is 58.4 Å². The van der Waals surface area contributed by atoms with Gasteiger partial charge in [-0.05, 0) is 17.2 Å². The highest BCUT2D eigenvalue weighted by atomic mass is 79.9. The molecule has 1 heterocycles. The summed E-state index contributed by atoms with van der Waals surface area (Å²) in [5, 5.41) is 0. The molecule has 0 aliphatic carbocycles. The van der Waals surface area contributed by atoms with Crippen molar-refractivity contribution in [2.75, 3.05) is 6.54 Å². The van der Waals surface area contributed by atoms with Gasteiger partial charge in [0.05, 0.1) is 12.3 Å². The average Bonchev–Trinajstić information content (AvgIpc) is 2.49. The van der Waals surface area contributed by atoms with Crippen LogP contribution in [-0.2, 0) is 22.3 Å². The van der Waals surface area contributed by atoms with Gasteiger partial charge < -0.3 is 0 Å². The first-order chi connectivity index (χ1) is 10.5. The second-order valence-electron chi connectivity index (χ2n) is 5.20. The average molecular weight is 380 g/mol. The molecule has 0 radical (unpaired) electrons. The van der Waals surface area contributed by atoms with Crippen molar-refractivity contribution in [1.82, 2.24) is 4.31 Å². The smallest absolute Gasteiger partial charge is 0.219 e. The number of carbonyl (C=O) groups is 1.